The second kappa shape index (κ2) is 4.94. The summed E-state index contributed by atoms with van der Waals surface area (Å²) in [5.74, 6) is 0.959. The summed E-state index contributed by atoms with van der Waals surface area (Å²) in [5, 5.41) is 6.42. The molecule has 0 aliphatic carbocycles. The van der Waals surface area contributed by atoms with Crippen molar-refractivity contribution < 1.29 is 4.79 Å². The predicted octanol–water partition coefficient (Wildman–Crippen LogP) is -0.194. The van der Waals surface area contributed by atoms with Crippen LogP contribution < -0.4 is 10.6 Å². The third kappa shape index (κ3) is 2.69. The van der Waals surface area contributed by atoms with Crippen molar-refractivity contribution in [2.24, 2.45) is 5.92 Å². The molecule has 4 heteroatoms. The average molecular weight is 211 g/mol. The summed E-state index contributed by atoms with van der Waals surface area (Å²) in [7, 11) is 0. The van der Waals surface area contributed by atoms with Crippen LogP contribution in [0.3, 0.4) is 0 Å². The number of nitrogens with one attached hydrogen (secondary N) is 2. The molecule has 0 aromatic heterocycles. The molecular weight excluding hydrogens is 190 g/mol. The van der Waals surface area contributed by atoms with Gasteiger partial charge in [-0.3, -0.25) is 9.69 Å². The van der Waals surface area contributed by atoms with E-state index in [4.69, 9.17) is 0 Å². The molecular formula is C11H21N3O. The molecule has 0 unspecified atom stereocenters. The maximum Gasteiger partial charge on any atom is 0.234 e. The van der Waals surface area contributed by atoms with E-state index in [0.717, 1.165) is 38.5 Å². The first kappa shape index (κ1) is 10.9. The van der Waals surface area contributed by atoms with Crippen LogP contribution in [0.5, 0.6) is 0 Å². The maximum absolute atomic E-state index is 11.5. The molecule has 15 heavy (non-hydrogen) atoms. The first-order valence-electron chi connectivity index (χ1n) is 6.02. The normalized spacial score (nSPS) is 30.5. The van der Waals surface area contributed by atoms with E-state index in [1.54, 1.807) is 0 Å². The van der Waals surface area contributed by atoms with Gasteiger partial charge in [0.2, 0.25) is 5.91 Å². The van der Waals surface area contributed by atoms with Crippen LogP contribution in [-0.4, -0.2) is 49.6 Å². The van der Waals surface area contributed by atoms with Gasteiger partial charge in [0.15, 0.2) is 0 Å². The molecule has 86 valence electrons. The number of carbonyl (C=O) groups excluding carboxylic acids is 1. The van der Waals surface area contributed by atoms with Gasteiger partial charge in [0.05, 0.1) is 6.54 Å². The van der Waals surface area contributed by atoms with Crippen LogP contribution in [-0.2, 0) is 4.79 Å². The Bertz CT molecular complexity index is 220. The summed E-state index contributed by atoms with van der Waals surface area (Å²) in [6, 6.07) is 0.643. The standard InChI is InChI=1S/C11H21N3O/c1-2-4-13-11(15)8-14-6-9-3-5-12-10(9)7-14/h9-10,12H,2-8H2,1H3,(H,13,15)/t9-,10+/m0/s1. The summed E-state index contributed by atoms with van der Waals surface area (Å²) >= 11 is 0. The maximum atomic E-state index is 11.5. The van der Waals surface area contributed by atoms with Gasteiger partial charge in [-0.05, 0) is 25.3 Å². The number of likely N-dealkylation sites (tertiary alicyclic amines) is 1. The van der Waals surface area contributed by atoms with Gasteiger partial charge in [0.25, 0.3) is 0 Å². The van der Waals surface area contributed by atoms with Gasteiger partial charge in [0, 0.05) is 25.7 Å². The molecule has 2 aliphatic heterocycles. The fourth-order valence-electron chi connectivity index (χ4n) is 2.59. The smallest absolute Gasteiger partial charge is 0.234 e. The zero-order valence-electron chi connectivity index (χ0n) is 9.46. The molecule has 0 radical (unpaired) electrons. The highest BCUT2D eigenvalue weighted by molar-refractivity contribution is 5.78. The van der Waals surface area contributed by atoms with E-state index in [0.29, 0.717) is 12.6 Å². The Hall–Kier alpha value is -0.610. The number of carbonyl (C=O) groups is 1. The van der Waals surface area contributed by atoms with Crippen molar-refractivity contribution in [2.75, 3.05) is 32.7 Å². The van der Waals surface area contributed by atoms with Gasteiger partial charge in [-0.1, -0.05) is 6.92 Å². The lowest BCUT2D eigenvalue weighted by molar-refractivity contribution is -0.122. The van der Waals surface area contributed by atoms with Gasteiger partial charge in [-0.15, -0.1) is 0 Å². The Morgan fingerprint density at radius 2 is 2.40 bits per heavy atom. The zero-order valence-corrected chi connectivity index (χ0v) is 9.46. The van der Waals surface area contributed by atoms with Crippen LogP contribution in [0.4, 0.5) is 0 Å². The van der Waals surface area contributed by atoms with E-state index < -0.39 is 0 Å². The van der Waals surface area contributed by atoms with Crippen molar-refractivity contribution in [3.63, 3.8) is 0 Å². The van der Waals surface area contributed by atoms with Crippen molar-refractivity contribution in [3.8, 4) is 0 Å². The summed E-state index contributed by atoms with van der Waals surface area (Å²) in [5.41, 5.74) is 0. The van der Waals surface area contributed by atoms with Gasteiger partial charge in [-0.25, -0.2) is 0 Å². The monoisotopic (exact) mass is 211 g/mol. The highest BCUT2D eigenvalue weighted by Gasteiger charge is 2.36. The molecule has 0 saturated carbocycles. The van der Waals surface area contributed by atoms with Gasteiger partial charge in [0.1, 0.15) is 0 Å². The van der Waals surface area contributed by atoms with Crippen LogP contribution in [0.15, 0.2) is 0 Å². The zero-order chi connectivity index (χ0) is 10.7. The highest BCUT2D eigenvalue weighted by Crippen LogP contribution is 2.23. The highest BCUT2D eigenvalue weighted by atomic mass is 16.2. The van der Waals surface area contributed by atoms with Gasteiger partial charge >= 0.3 is 0 Å². The third-order valence-electron chi connectivity index (χ3n) is 3.38. The van der Waals surface area contributed by atoms with E-state index >= 15 is 0 Å². The van der Waals surface area contributed by atoms with E-state index in [1.807, 2.05) is 0 Å². The quantitative estimate of drug-likeness (QED) is 0.677. The van der Waals surface area contributed by atoms with Gasteiger partial charge in [-0.2, -0.15) is 0 Å². The molecule has 2 saturated heterocycles. The van der Waals surface area contributed by atoms with Crippen molar-refractivity contribution >= 4 is 5.91 Å². The topological polar surface area (TPSA) is 44.4 Å². The van der Waals surface area contributed by atoms with Crippen LogP contribution >= 0.6 is 0 Å². The number of hydrogen-bond donors (Lipinski definition) is 2. The van der Waals surface area contributed by atoms with E-state index in [-0.39, 0.29) is 5.91 Å². The van der Waals surface area contributed by atoms with Gasteiger partial charge < -0.3 is 10.6 Å². The van der Waals surface area contributed by atoms with Crippen LogP contribution in [0.2, 0.25) is 0 Å². The Morgan fingerprint density at radius 1 is 1.53 bits per heavy atom. The third-order valence-corrected chi connectivity index (χ3v) is 3.38. The second-order valence-electron chi connectivity index (χ2n) is 4.65. The molecule has 2 N–H and O–H groups in total. The molecule has 2 aliphatic rings. The minimum Gasteiger partial charge on any atom is -0.355 e. The summed E-state index contributed by atoms with van der Waals surface area (Å²) < 4.78 is 0. The van der Waals surface area contributed by atoms with Crippen molar-refractivity contribution in [1.29, 1.82) is 0 Å². The molecule has 0 aromatic carbocycles. The molecule has 0 spiro atoms. The average Bonchev–Trinajstić information content (AvgIpc) is 2.74. The largest absolute Gasteiger partial charge is 0.355 e. The van der Waals surface area contributed by atoms with E-state index in [2.05, 4.69) is 22.5 Å². The Balaban J connectivity index is 1.70. The molecule has 0 aromatic rings. The van der Waals surface area contributed by atoms with Crippen molar-refractivity contribution in [2.45, 2.75) is 25.8 Å². The lowest BCUT2D eigenvalue weighted by Crippen LogP contribution is -2.38. The number of nitrogens with zero attached hydrogens (tertiary/aromatic N) is 1. The number of fused-ring (bicyclic) bond motifs is 1. The minimum absolute atomic E-state index is 0.178. The number of amides is 1. The first-order valence-corrected chi connectivity index (χ1v) is 6.02. The predicted molar refractivity (Wildman–Crippen MR) is 59.6 cm³/mol. The van der Waals surface area contributed by atoms with Crippen LogP contribution in [0.1, 0.15) is 19.8 Å². The number of hydrogen-bond acceptors (Lipinski definition) is 3. The molecule has 0 bridgehead atoms. The summed E-state index contributed by atoms with van der Waals surface area (Å²) in [6.07, 6.45) is 2.29. The summed E-state index contributed by atoms with van der Waals surface area (Å²) in [4.78, 5) is 13.8. The van der Waals surface area contributed by atoms with E-state index in [1.165, 1.54) is 6.42 Å². The molecule has 2 rings (SSSR count). The fourth-order valence-corrected chi connectivity index (χ4v) is 2.59. The molecule has 1 amide bonds. The fraction of sp³-hybridized carbons (Fsp3) is 0.909. The van der Waals surface area contributed by atoms with E-state index in [9.17, 15) is 4.79 Å². The number of rotatable bonds is 4. The molecule has 2 heterocycles. The van der Waals surface area contributed by atoms with Crippen LogP contribution in [0.25, 0.3) is 0 Å². The van der Waals surface area contributed by atoms with Crippen LogP contribution in [0, 0.1) is 5.92 Å². The Morgan fingerprint density at radius 3 is 3.13 bits per heavy atom. The lowest BCUT2D eigenvalue weighted by atomic mass is 10.1. The Labute approximate surface area is 91.4 Å². The summed E-state index contributed by atoms with van der Waals surface area (Å²) in [6.45, 7) is 6.75. The first-order chi connectivity index (χ1) is 7.29. The molecule has 2 atom stereocenters. The second-order valence-corrected chi connectivity index (χ2v) is 4.65. The SMILES string of the molecule is CCCNC(=O)CN1C[C@@H]2CCN[C@@H]2C1. The lowest BCUT2D eigenvalue weighted by Gasteiger charge is -2.15. The Kier molecular flexibility index (Phi) is 3.59. The molecule has 4 nitrogen and oxygen atoms in total. The van der Waals surface area contributed by atoms with Crippen molar-refractivity contribution in [3.05, 3.63) is 0 Å². The molecule has 2 fully saturated rings. The minimum atomic E-state index is 0.178. The van der Waals surface area contributed by atoms with Crippen molar-refractivity contribution in [1.82, 2.24) is 15.5 Å².